The van der Waals surface area contributed by atoms with Gasteiger partial charge in [0.15, 0.2) is 0 Å². The standard InChI is InChI=1S/C36H28N2O3/c1-41-24-20-18-23(19-21-24)22-38-34(31-16-8-4-12-27(31)28-13-5-9-17-32(28)36(38)40)35(39)37-33-29-14-6-2-10-25(29)26-11-3-7-15-30(26)33/h2-21,33-34H,22H2,1H3,(H,37,39). The molecule has 5 aromatic carbocycles. The van der Waals surface area contributed by atoms with Crippen LogP contribution in [0, 0.1) is 0 Å². The van der Waals surface area contributed by atoms with Gasteiger partial charge in [-0.3, -0.25) is 9.59 Å². The Bertz CT molecular complexity index is 1750. The minimum absolute atomic E-state index is 0.181. The first-order valence-corrected chi connectivity index (χ1v) is 13.7. The number of nitrogens with zero attached hydrogens (tertiary/aromatic N) is 1. The second kappa shape index (κ2) is 10.1. The summed E-state index contributed by atoms with van der Waals surface area (Å²) in [5.74, 6) is 0.336. The molecule has 2 amide bonds. The Balaban J connectivity index is 1.35. The SMILES string of the molecule is COc1ccc(CN2C(=O)c3ccccc3-c3ccccc3C2C(=O)NC2c3ccccc3-c3ccccc32)cc1. The smallest absolute Gasteiger partial charge is 0.255 e. The molecule has 41 heavy (non-hydrogen) atoms. The zero-order chi connectivity index (χ0) is 27.9. The monoisotopic (exact) mass is 536 g/mol. The third-order valence-corrected chi connectivity index (χ3v) is 8.16. The van der Waals surface area contributed by atoms with Crippen LogP contribution < -0.4 is 10.1 Å². The summed E-state index contributed by atoms with van der Waals surface area (Å²) in [4.78, 5) is 30.6. The van der Waals surface area contributed by atoms with Crippen molar-refractivity contribution < 1.29 is 14.3 Å². The number of carbonyl (C=O) groups excluding carboxylic acids is 2. The van der Waals surface area contributed by atoms with E-state index in [0.717, 1.165) is 50.3 Å². The summed E-state index contributed by atoms with van der Waals surface area (Å²) in [6, 6.07) is 38.3. The predicted molar refractivity (Wildman–Crippen MR) is 159 cm³/mol. The molecule has 1 heterocycles. The van der Waals surface area contributed by atoms with Crippen LogP contribution in [-0.4, -0.2) is 23.8 Å². The number of hydrogen-bond donors (Lipinski definition) is 1. The molecule has 0 spiro atoms. The van der Waals surface area contributed by atoms with Crippen molar-refractivity contribution in [3.05, 3.63) is 149 Å². The van der Waals surface area contributed by atoms with E-state index >= 15 is 0 Å². The normalized spacial score (nSPS) is 15.3. The summed E-state index contributed by atoms with van der Waals surface area (Å²) in [6.07, 6.45) is 0. The quantitative estimate of drug-likeness (QED) is 0.265. The Morgan fingerprint density at radius 3 is 1.73 bits per heavy atom. The van der Waals surface area contributed by atoms with Gasteiger partial charge in [0.05, 0.1) is 13.2 Å². The first-order chi connectivity index (χ1) is 20.1. The minimum Gasteiger partial charge on any atom is -0.497 e. The number of nitrogens with one attached hydrogen (secondary N) is 1. The Kier molecular flexibility index (Phi) is 6.12. The molecule has 0 radical (unpaired) electrons. The van der Waals surface area contributed by atoms with Crippen molar-refractivity contribution in [2.75, 3.05) is 7.11 Å². The lowest BCUT2D eigenvalue weighted by atomic mass is 9.93. The number of carbonyl (C=O) groups is 2. The van der Waals surface area contributed by atoms with Crippen molar-refractivity contribution in [3.8, 4) is 28.0 Å². The highest BCUT2D eigenvalue weighted by atomic mass is 16.5. The fourth-order valence-electron chi connectivity index (χ4n) is 6.23. The van der Waals surface area contributed by atoms with E-state index in [1.165, 1.54) is 0 Å². The molecular formula is C36H28N2O3. The summed E-state index contributed by atoms with van der Waals surface area (Å²) in [7, 11) is 1.63. The molecule has 5 nitrogen and oxygen atoms in total. The first kappa shape index (κ1) is 24.9. The van der Waals surface area contributed by atoms with E-state index in [4.69, 9.17) is 4.74 Å². The van der Waals surface area contributed by atoms with Gasteiger partial charge in [-0.2, -0.15) is 0 Å². The highest BCUT2D eigenvalue weighted by Crippen LogP contribution is 2.44. The van der Waals surface area contributed by atoms with Gasteiger partial charge in [0.2, 0.25) is 5.91 Å². The Morgan fingerprint density at radius 2 is 1.15 bits per heavy atom. The molecule has 5 aromatic rings. The van der Waals surface area contributed by atoms with Crippen LogP contribution in [0.4, 0.5) is 0 Å². The highest BCUT2D eigenvalue weighted by molar-refractivity contribution is 6.06. The average Bonchev–Trinajstić information content (AvgIpc) is 3.29. The van der Waals surface area contributed by atoms with E-state index in [-0.39, 0.29) is 24.4 Å². The number of amides is 2. The van der Waals surface area contributed by atoms with Gasteiger partial charge < -0.3 is 15.0 Å². The molecule has 0 saturated carbocycles. The number of benzene rings is 5. The lowest BCUT2D eigenvalue weighted by Crippen LogP contribution is -2.43. The Morgan fingerprint density at radius 1 is 0.659 bits per heavy atom. The van der Waals surface area contributed by atoms with Crippen molar-refractivity contribution >= 4 is 11.8 Å². The van der Waals surface area contributed by atoms with E-state index in [2.05, 4.69) is 29.6 Å². The van der Waals surface area contributed by atoms with E-state index in [0.29, 0.717) is 5.56 Å². The summed E-state index contributed by atoms with van der Waals surface area (Å²) in [5, 5.41) is 3.36. The molecule has 0 saturated heterocycles. The molecule has 0 aromatic heterocycles. The van der Waals surface area contributed by atoms with Crippen LogP contribution in [0.15, 0.2) is 121 Å². The van der Waals surface area contributed by atoms with Gasteiger partial charge >= 0.3 is 0 Å². The van der Waals surface area contributed by atoms with Crippen LogP contribution in [-0.2, 0) is 11.3 Å². The van der Waals surface area contributed by atoms with Gasteiger partial charge in [-0.05, 0) is 62.7 Å². The molecule has 1 atom stereocenters. The summed E-state index contributed by atoms with van der Waals surface area (Å²) >= 11 is 0. The molecule has 0 bridgehead atoms. The predicted octanol–water partition coefficient (Wildman–Crippen LogP) is 6.95. The zero-order valence-corrected chi connectivity index (χ0v) is 22.6. The molecular weight excluding hydrogens is 508 g/mol. The maximum Gasteiger partial charge on any atom is 0.255 e. The van der Waals surface area contributed by atoms with Gasteiger partial charge in [0.25, 0.3) is 5.91 Å². The molecule has 1 aliphatic carbocycles. The highest BCUT2D eigenvalue weighted by Gasteiger charge is 2.39. The maximum atomic E-state index is 14.6. The topological polar surface area (TPSA) is 58.6 Å². The lowest BCUT2D eigenvalue weighted by Gasteiger charge is -2.32. The van der Waals surface area contributed by atoms with E-state index < -0.39 is 6.04 Å². The van der Waals surface area contributed by atoms with Crippen LogP contribution in [0.1, 0.15) is 44.7 Å². The van der Waals surface area contributed by atoms with Crippen LogP contribution >= 0.6 is 0 Å². The van der Waals surface area contributed by atoms with Gasteiger partial charge in [-0.15, -0.1) is 0 Å². The van der Waals surface area contributed by atoms with Crippen LogP contribution in [0.25, 0.3) is 22.3 Å². The maximum absolute atomic E-state index is 14.6. The number of methoxy groups -OCH3 is 1. The third kappa shape index (κ3) is 4.18. The van der Waals surface area contributed by atoms with Crippen molar-refractivity contribution in [3.63, 3.8) is 0 Å². The van der Waals surface area contributed by atoms with E-state index in [1.54, 1.807) is 12.0 Å². The van der Waals surface area contributed by atoms with Crippen molar-refractivity contribution in [1.29, 1.82) is 0 Å². The third-order valence-electron chi connectivity index (χ3n) is 8.16. The fourth-order valence-corrected chi connectivity index (χ4v) is 6.23. The van der Waals surface area contributed by atoms with Gasteiger partial charge in [0, 0.05) is 12.1 Å². The molecule has 0 fully saturated rings. The number of fused-ring (bicyclic) bond motifs is 6. The molecule has 1 N–H and O–H groups in total. The molecule has 200 valence electrons. The van der Waals surface area contributed by atoms with Gasteiger partial charge in [-0.1, -0.05) is 103 Å². The minimum atomic E-state index is -0.840. The summed E-state index contributed by atoms with van der Waals surface area (Å²) in [6.45, 7) is 0.265. The summed E-state index contributed by atoms with van der Waals surface area (Å²) in [5.41, 5.74) is 8.37. The second-order valence-electron chi connectivity index (χ2n) is 10.4. The van der Waals surface area contributed by atoms with Crippen molar-refractivity contribution in [1.82, 2.24) is 10.2 Å². The van der Waals surface area contributed by atoms with E-state index in [1.807, 2.05) is 97.1 Å². The van der Waals surface area contributed by atoms with Crippen LogP contribution in [0.3, 0.4) is 0 Å². The molecule has 5 heteroatoms. The van der Waals surface area contributed by atoms with Gasteiger partial charge in [-0.25, -0.2) is 0 Å². The van der Waals surface area contributed by atoms with Crippen LogP contribution in [0.2, 0.25) is 0 Å². The molecule has 1 aliphatic heterocycles. The first-order valence-electron chi connectivity index (χ1n) is 13.7. The largest absolute Gasteiger partial charge is 0.497 e. The molecule has 2 aliphatic rings. The zero-order valence-electron chi connectivity index (χ0n) is 22.6. The number of rotatable bonds is 5. The second-order valence-corrected chi connectivity index (χ2v) is 10.4. The van der Waals surface area contributed by atoms with Crippen molar-refractivity contribution in [2.24, 2.45) is 0 Å². The van der Waals surface area contributed by atoms with Crippen molar-refractivity contribution in [2.45, 2.75) is 18.6 Å². The lowest BCUT2D eigenvalue weighted by molar-refractivity contribution is -0.126. The molecule has 1 unspecified atom stereocenters. The number of hydrogen-bond acceptors (Lipinski definition) is 3. The molecule has 7 rings (SSSR count). The van der Waals surface area contributed by atoms with E-state index in [9.17, 15) is 9.59 Å². The van der Waals surface area contributed by atoms with Crippen LogP contribution in [0.5, 0.6) is 5.75 Å². The average molecular weight is 537 g/mol. The van der Waals surface area contributed by atoms with Gasteiger partial charge in [0.1, 0.15) is 11.8 Å². The number of ether oxygens (including phenoxy) is 1. The fraction of sp³-hybridized carbons (Fsp3) is 0.111. The Labute approximate surface area is 239 Å². The summed E-state index contributed by atoms with van der Waals surface area (Å²) < 4.78 is 5.34. The Hall–Kier alpha value is -5.16.